The molecule has 0 unspecified atom stereocenters. The molecule has 0 aliphatic rings. The summed E-state index contributed by atoms with van der Waals surface area (Å²) < 4.78 is 0. The Balaban J connectivity index is 0. The Kier molecular flexibility index (Phi) is 177. The van der Waals surface area contributed by atoms with E-state index in [1.807, 2.05) is 0 Å². The van der Waals surface area contributed by atoms with Crippen LogP contribution in [0, 0.1) is 0 Å². The summed E-state index contributed by atoms with van der Waals surface area (Å²) in [5, 5.41) is 0. The molecule has 0 saturated heterocycles. The third-order valence-corrected chi connectivity index (χ3v) is 0. The molecule has 0 aliphatic heterocycles. The van der Waals surface area contributed by atoms with Gasteiger partial charge >= 0.3 is 104 Å². The third-order valence-electron chi connectivity index (χ3n) is 0. The fourth-order valence-electron chi connectivity index (χ4n) is 0. The summed E-state index contributed by atoms with van der Waals surface area (Å²) in [5.74, 6) is 0. The van der Waals surface area contributed by atoms with Gasteiger partial charge in [0.15, 0.2) is 0 Å². The van der Waals surface area contributed by atoms with Crippen LogP contribution in [0.15, 0.2) is 0 Å². The van der Waals surface area contributed by atoms with Gasteiger partial charge in [-0.05, 0) is 0 Å². The predicted octanol–water partition coefficient (Wildman–Crippen LogP) is -12.4. The first kappa shape index (κ1) is 36.1. The smallest absolute Gasteiger partial charge is 1.00 e. The molecule has 0 spiro atoms. The second-order valence-electron chi connectivity index (χ2n) is 0. The SMILES string of the molecule is [Cl-].[Cl-].[K+].[Mg+2].[Na+]. The van der Waals surface area contributed by atoms with Crippen LogP contribution in [-0.4, -0.2) is 23.1 Å². The van der Waals surface area contributed by atoms with Gasteiger partial charge in [0.2, 0.25) is 0 Å². The molecule has 5 heavy (non-hydrogen) atoms. The maximum atomic E-state index is 0. The summed E-state index contributed by atoms with van der Waals surface area (Å²) in [5.41, 5.74) is 0. The van der Waals surface area contributed by atoms with E-state index < -0.39 is 0 Å². The van der Waals surface area contributed by atoms with E-state index in [1.165, 1.54) is 0 Å². The maximum Gasteiger partial charge on any atom is 2.00 e. The summed E-state index contributed by atoms with van der Waals surface area (Å²) in [7, 11) is 0. The van der Waals surface area contributed by atoms with Gasteiger partial charge in [-0.15, -0.1) is 0 Å². The molecule has 0 nitrogen and oxygen atoms in total. The van der Waals surface area contributed by atoms with Crippen molar-refractivity contribution in [1.82, 2.24) is 0 Å². The normalized spacial score (nSPS) is 0. The van der Waals surface area contributed by atoms with E-state index in [9.17, 15) is 0 Å². The van der Waals surface area contributed by atoms with E-state index in [0.717, 1.165) is 0 Å². The molecule has 0 heterocycles. The van der Waals surface area contributed by atoms with Crippen molar-refractivity contribution in [3.63, 3.8) is 0 Å². The van der Waals surface area contributed by atoms with Gasteiger partial charge in [-0.3, -0.25) is 0 Å². The van der Waals surface area contributed by atoms with Crippen LogP contribution in [0.4, 0.5) is 0 Å². The van der Waals surface area contributed by atoms with Crippen LogP contribution >= 0.6 is 0 Å². The molecule has 0 saturated carbocycles. The topological polar surface area (TPSA) is 0 Å². The van der Waals surface area contributed by atoms with Crippen LogP contribution in [0.5, 0.6) is 0 Å². The maximum absolute atomic E-state index is 0. The Morgan fingerprint density at radius 3 is 0.800 bits per heavy atom. The number of hydrogen-bond acceptors (Lipinski definition) is 0. The predicted molar refractivity (Wildman–Crippen MR) is 5.75 cm³/mol. The van der Waals surface area contributed by atoms with Crippen LogP contribution in [-0.2, 0) is 0 Å². The molecule has 0 atom stereocenters. The quantitative estimate of drug-likeness (QED) is 0.306. The molecule has 0 aromatic heterocycles. The van der Waals surface area contributed by atoms with E-state index in [-0.39, 0.29) is 129 Å². The monoisotopic (exact) mass is 156 g/mol. The Morgan fingerprint density at radius 2 is 0.800 bits per heavy atom. The Morgan fingerprint density at radius 1 is 0.800 bits per heavy atom. The molecule has 0 radical (unpaired) electrons. The van der Waals surface area contributed by atoms with Crippen molar-refractivity contribution in [2.45, 2.75) is 0 Å². The van der Waals surface area contributed by atoms with Crippen LogP contribution in [0.3, 0.4) is 0 Å². The zero-order valence-corrected chi connectivity index (χ0v) is 11.5. The van der Waals surface area contributed by atoms with E-state index >= 15 is 0 Å². The number of hydrogen-bond donors (Lipinski definition) is 0. The first-order chi connectivity index (χ1) is 0. The van der Waals surface area contributed by atoms with Crippen molar-refractivity contribution in [2.24, 2.45) is 0 Å². The van der Waals surface area contributed by atoms with E-state index in [0.29, 0.717) is 0 Å². The van der Waals surface area contributed by atoms with E-state index in [1.54, 1.807) is 0 Å². The van der Waals surface area contributed by atoms with Crippen molar-refractivity contribution in [3.05, 3.63) is 0 Å². The van der Waals surface area contributed by atoms with Crippen molar-refractivity contribution in [2.75, 3.05) is 0 Å². The number of rotatable bonds is 0. The van der Waals surface area contributed by atoms with Crippen LogP contribution in [0.1, 0.15) is 0 Å². The molecule has 0 rings (SSSR count). The largest absolute Gasteiger partial charge is 2.00 e. The molecule has 16 valence electrons. The van der Waals surface area contributed by atoms with Gasteiger partial charge in [0.1, 0.15) is 0 Å². The average Bonchev–Trinajstić information content (AvgIpc) is 0. The summed E-state index contributed by atoms with van der Waals surface area (Å²) in [6, 6.07) is 0. The summed E-state index contributed by atoms with van der Waals surface area (Å²) >= 11 is 0. The Bertz CT molecular complexity index is 9.61. The molecule has 0 aromatic rings. The molecule has 0 aromatic carbocycles. The minimum atomic E-state index is 0. The zero-order chi connectivity index (χ0) is 0. The van der Waals surface area contributed by atoms with E-state index in [2.05, 4.69) is 0 Å². The van der Waals surface area contributed by atoms with Crippen LogP contribution in [0.2, 0.25) is 0 Å². The summed E-state index contributed by atoms with van der Waals surface area (Å²) in [6.07, 6.45) is 0. The van der Waals surface area contributed by atoms with Crippen molar-refractivity contribution >= 4 is 23.1 Å². The minimum absolute atomic E-state index is 0. The molecule has 0 aliphatic carbocycles. The molecule has 0 amide bonds. The molecule has 0 bridgehead atoms. The van der Waals surface area contributed by atoms with Crippen molar-refractivity contribution < 1.29 is 106 Å². The first-order valence-corrected chi connectivity index (χ1v) is 0. The second kappa shape index (κ2) is 24.5. The Hall–Kier alpha value is 3.98. The summed E-state index contributed by atoms with van der Waals surface area (Å²) in [4.78, 5) is 0. The van der Waals surface area contributed by atoms with Crippen LogP contribution in [0.25, 0.3) is 0 Å². The van der Waals surface area contributed by atoms with Crippen LogP contribution < -0.4 is 106 Å². The average molecular weight is 157 g/mol. The van der Waals surface area contributed by atoms with Gasteiger partial charge in [0.25, 0.3) is 0 Å². The van der Waals surface area contributed by atoms with E-state index in [4.69, 9.17) is 0 Å². The third kappa shape index (κ3) is 18.0. The molecular formula is Cl2KMgNa+2. The minimum Gasteiger partial charge on any atom is -1.00 e. The zero-order valence-electron chi connectivity index (χ0n) is 3.46. The van der Waals surface area contributed by atoms with Gasteiger partial charge in [0, 0.05) is 0 Å². The van der Waals surface area contributed by atoms with Gasteiger partial charge in [-0.25, -0.2) is 0 Å². The summed E-state index contributed by atoms with van der Waals surface area (Å²) in [6.45, 7) is 0. The van der Waals surface area contributed by atoms with Crippen molar-refractivity contribution in [1.29, 1.82) is 0 Å². The Labute approximate surface area is 125 Å². The van der Waals surface area contributed by atoms with Gasteiger partial charge < -0.3 is 24.8 Å². The molecule has 5 heteroatoms. The fourth-order valence-corrected chi connectivity index (χ4v) is 0. The molecular weight excluding hydrogens is 157 g/mol. The van der Waals surface area contributed by atoms with Crippen molar-refractivity contribution in [3.8, 4) is 0 Å². The second-order valence-corrected chi connectivity index (χ2v) is 0. The van der Waals surface area contributed by atoms with Gasteiger partial charge in [0.05, 0.1) is 0 Å². The van der Waals surface area contributed by atoms with Gasteiger partial charge in [-0.1, -0.05) is 0 Å². The molecule has 0 fully saturated rings. The fraction of sp³-hybridized carbons (Fsp3) is 0. The number of halogens is 2. The first-order valence-electron chi connectivity index (χ1n) is 0. The molecule has 0 N–H and O–H groups in total. The standard InChI is InChI=1S/2ClH.K.Mg.Na/h2*1H;;;/q;;+1;+2;+1/p-2. The van der Waals surface area contributed by atoms with Gasteiger partial charge in [-0.2, -0.15) is 0 Å².